The lowest BCUT2D eigenvalue weighted by molar-refractivity contribution is -0.119. The second kappa shape index (κ2) is 9.16. The first-order chi connectivity index (χ1) is 14.0. The van der Waals surface area contributed by atoms with E-state index in [1.54, 1.807) is 30.3 Å². The van der Waals surface area contributed by atoms with Crippen molar-refractivity contribution in [3.63, 3.8) is 0 Å². The van der Waals surface area contributed by atoms with Gasteiger partial charge in [-0.15, -0.1) is 6.58 Å². The number of nitrogens with zero attached hydrogens (tertiary/aromatic N) is 2. The summed E-state index contributed by atoms with van der Waals surface area (Å²) in [5, 5.41) is 0.824. The van der Waals surface area contributed by atoms with Gasteiger partial charge in [-0.05, 0) is 24.3 Å². The fourth-order valence-corrected chi connectivity index (χ4v) is 3.36. The van der Waals surface area contributed by atoms with Crippen molar-refractivity contribution in [2.24, 2.45) is 0 Å². The Balaban J connectivity index is 1.68. The summed E-state index contributed by atoms with van der Waals surface area (Å²) in [6.07, 6.45) is 1.57. The van der Waals surface area contributed by atoms with Crippen LogP contribution in [-0.4, -0.2) is 27.1 Å². The molecule has 0 saturated heterocycles. The van der Waals surface area contributed by atoms with E-state index in [1.165, 1.54) is 22.8 Å². The van der Waals surface area contributed by atoms with Crippen LogP contribution in [0.4, 0.5) is 4.39 Å². The molecule has 0 radical (unpaired) electrons. The Morgan fingerprint density at radius 1 is 1.14 bits per heavy atom. The molecule has 0 bridgehead atoms. The third kappa shape index (κ3) is 4.69. The van der Waals surface area contributed by atoms with Crippen LogP contribution in [0.25, 0.3) is 10.9 Å². The number of carbonyl (C=O) groups excluding carboxylic acids is 2. The van der Waals surface area contributed by atoms with E-state index in [0.717, 1.165) is 17.8 Å². The summed E-state index contributed by atoms with van der Waals surface area (Å²) < 4.78 is 15.0. The monoisotopic (exact) mass is 412 g/mol. The van der Waals surface area contributed by atoms with Crippen LogP contribution in [0.15, 0.2) is 71.1 Å². The first-order valence-electron chi connectivity index (χ1n) is 8.58. The van der Waals surface area contributed by atoms with Crippen molar-refractivity contribution in [2.75, 3.05) is 5.75 Å². The lowest BCUT2D eigenvalue weighted by Gasteiger charge is -2.12. The van der Waals surface area contributed by atoms with Crippen molar-refractivity contribution < 1.29 is 14.0 Å². The van der Waals surface area contributed by atoms with Gasteiger partial charge in [0, 0.05) is 6.54 Å². The number of amides is 2. The predicted octanol–water partition coefficient (Wildman–Crippen LogP) is 2.27. The maximum absolute atomic E-state index is 13.6. The molecule has 0 spiro atoms. The summed E-state index contributed by atoms with van der Waals surface area (Å²) in [5.74, 6) is -2.11. The first-order valence-corrected chi connectivity index (χ1v) is 9.57. The quantitative estimate of drug-likeness (QED) is 0.280. The third-order valence-electron chi connectivity index (χ3n) is 3.90. The zero-order chi connectivity index (χ0) is 20.8. The van der Waals surface area contributed by atoms with Crippen molar-refractivity contribution in [1.29, 1.82) is 0 Å². The topological polar surface area (TPSA) is 93.1 Å². The number of fused-ring (bicyclic) bond motifs is 1. The number of hydrogen-bond acceptors (Lipinski definition) is 5. The number of carbonyl (C=O) groups is 2. The Labute approximate surface area is 169 Å². The molecule has 148 valence electrons. The molecule has 0 aliphatic rings. The molecular formula is C20H17FN4O3S. The summed E-state index contributed by atoms with van der Waals surface area (Å²) in [5.41, 5.74) is 4.49. The number of hydrazine groups is 1. The highest BCUT2D eigenvalue weighted by Crippen LogP contribution is 2.17. The van der Waals surface area contributed by atoms with Gasteiger partial charge in [0.2, 0.25) is 5.91 Å². The molecule has 1 aromatic heterocycles. The van der Waals surface area contributed by atoms with Crippen molar-refractivity contribution >= 4 is 34.5 Å². The Kier molecular flexibility index (Phi) is 6.40. The number of allylic oxidation sites excluding steroid dienone is 1. The van der Waals surface area contributed by atoms with Gasteiger partial charge in [0.25, 0.3) is 11.5 Å². The number of para-hydroxylation sites is 1. The second-order valence-electron chi connectivity index (χ2n) is 5.89. The number of thioether (sulfide) groups is 1. The van der Waals surface area contributed by atoms with Gasteiger partial charge in [0.15, 0.2) is 5.16 Å². The fourth-order valence-electron chi connectivity index (χ4n) is 2.55. The van der Waals surface area contributed by atoms with Crippen molar-refractivity contribution in [1.82, 2.24) is 20.4 Å². The van der Waals surface area contributed by atoms with Crippen LogP contribution in [0.3, 0.4) is 0 Å². The number of hydrogen-bond donors (Lipinski definition) is 2. The minimum Gasteiger partial charge on any atom is -0.283 e. The molecular weight excluding hydrogens is 395 g/mol. The molecule has 0 atom stereocenters. The van der Waals surface area contributed by atoms with Crippen LogP contribution in [-0.2, 0) is 11.3 Å². The van der Waals surface area contributed by atoms with E-state index in [-0.39, 0.29) is 23.4 Å². The number of rotatable bonds is 6. The van der Waals surface area contributed by atoms with Crippen LogP contribution in [0.1, 0.15) is 10.4 Å². The molecule has 2 N–H and O–H groups in total. The minimum atomic E-state index is -0.770. The van der Waals surface area contributed by atoms with E-state index in [9.17, 15) is 18.8 Å². The van der Waals surface area contributed by atoms with E-state index >= 15 is 0 Å². The zero-order valence-electron chi connectivity index (χ0n) is 15.2. The van der Waals surface area contributed by atoms with Gasteiger partial charge in [0.1, 0.15) is 5.82 Å². The van der Waals surface area contributed by atoms with Gasteiger partial charge in [-0.3, -0.25) is 29.8 Å². The smallest absolute Gasteiger partial charge is 0.272 e. The summed E-state index contributed by atoms with van der Waals surface area (Å²) in [6, 6.07) is 12.3. The first kappa shape index (κ1) is 20.3. The van der Waals surface area contributed by atoms with Crippen LogP contribution in [0.5, 0.6) is 0 Å². The van der Waals surface area contributed by atoms with Gasteiger partial charge in [-0.1, -0.05) is 42.1 Å². The molecule has 0 unspecified atom stereocenters. The Bertz CT molecular complexity index is 1150. The van der Waals surface area contributed by atoms with Crippen LogP contribution in [0, 0.1) is 5.82 Å². The van der Waals surface area contributed by atoms with Crippen LogP contribution < -0.4 is 16.4 Å². The SMILES string of the molecule is C=CCn1c(SCC(=O)NNC(=O)c2ccccc2F)nc2ccccc2c1=O. The summed E-state index contributed by atoms with van der Waals surface area (Å²) >= 11 is 1.04. The Morgan fingerprint density at radius 3 is 2.62 bits per heavy atom. The fraction of sp³-hybridized carbons (Fsp3) is 0.100. The van der Waals surface area contributed by atoms with E-state index < -0.39 is 17.6 Å². The van der Waals surface area contributed by atoms with E-state index in [0.29, 0.717) is 16.1 Å². The molecule has 2 aromatic carbocycles. The molecule has 7 nitrogen and oxygen atoms in total. The summed E-state index contributed by atoms with van der Waals surface area (Å²) in [7, 11) is 0. The highest BCUT2D eigenvalue weighted by atomic mass is 32.2. The molecule has 3 aromatic rings. The Hall–Kier alpha value is -3.46. The number of halogens is 1. The standard InChI is InChI=1S/C20H17FN4O3S/c1-2-11-25-19(28)14-8-4-6-10-16(14)22-20(25)29-12-17(26)23-24-18(27)13-7-3-5-9-15(13)21/h2-10H,1,11-12H2,(H,23,26)(H,24,27). The molecule has 9 heteroatoms. The lowest BCUT2D eigenvalue weighted by atomic mass is 10.2. The Morgan fingerprint density at radius 2 is 1.86 bits per heavy atom. The molecule has 2 amide bonds. The highest BCUT2D eigenvalue weighted by molar-refractivity contribution is 7.99. The van der Waals surface area contributed by atoms with Crippen molar-refractivity contribution in [3.05, 3.63) is 82.9 Å². The normalized spacial score (nSPS) is 10.5. The van der Waals surface area contributed by atoms with E-state index in [4.69, 9.17) is 0 Å². The zero-order valence-corrected chi connectivity index (χ0v) is 16.0. The van der Waals surface area contributed by atoms with E-state index in [1.807, 2.05) is 0 Å². The molecule has 0 aliphatic heterocycles. The average molecular weight is 412 g/mol. The molecule has 1 heterocycles. The van der Waals surface area contributed by atoms with Gasteiger partial charge in [0.05, 0.1) is 22.2 Å². The van der Waals surface area contributed by atoms with Crippen LogP contribution >= 0.6 is 11.8 Å². The third-order valence-corrected chi connectivity index (χ3v) is 4.88. The summed E-state index contributed by atoms with van der Waals surface area (Å²) in [4.78, 5) is 41.1. The highest BCUT2D eigenvalue weighted by Gasteiger charge is 2.14. The molecule has 0 saturated carbocycles. The van der Waals surface area contributed by atoms with Gasteiger partial charge in [-0.2, -0.15) is 0 Å². The van der Waals surface area contributed by atoms with E-state index in [2.05, 4.69) is 22.4 Å². The van der Waals surface area contributed by atoms with Crippen molar-refractivity contribution in [3.8, 4) is 0 Å². The predicted molar refractivity (Wildman–Crippen MR) is 109 cm³/mol. The summed E-state index contributed by atoms with van der Waals surface area (Å²) in [6.45, 7) is 3.88. The van der Waals surface area contributed by atoms with Gasteiger partial charge in [-0.25, -0.2) is 9.37 Å². The van der Waals surface area contributed by atoms with Crippen LogP contribution in [0.2, 0.25) is 0 Å². The maximum atomic E-state index is 13.6. The minimum absolute atomic E-state index is 0.112. The van der Waals surface area contributed by atoms with Gasteiger partial charge >= 0.3 is 0 Å². The molecule has 0 aliphatic carbocycles. The molecule has 0 fully saturated rings. The molecule has 3 rings (SSSR count). The second-order valence-corrected chi connectivity index (χ2v) is 6.83. The maximum Gasteiger partial charge on any atom is 0.272 e. The van der Waals surface area contributed by atoms with Crippen molar-refractivity contribution in [2.45, 2.75) is 11.7 Å². The molecule has 29 heavy (non-hydrogen) atoms. The number of benzene rings is 2. The number of aromatic nitrogens is 2. The van der Waals surface area contributed by atoms with Gasteiger partial charge < -0.3 is 0 Å². The average Bonchev–Trinajstić information content (AvgIpc) is 2.73. The number of nitrogens with one attached hydrogen (secondary N) is 2. The largest absolute Gasteiger partial charge is 0.283 e. The lowest BCUT2D eigenvalue weighted by Crippen LogP contribution is -2.42.